The van der Waals surface area contributed by atoms with Gasteiger partial charge in [-0.15, -0.1) is 0 Å². The van der Waals surface area contributed by atoms with Crippen LogP contribution in [0.1, 0.15) is 17.2 Å². The molecule has 1 unspecified atom stereocenters. The van der Waals surface area contributed by atoms with E-state index in [1.165, 1.54) is 72.4 Å². The van der Waals surface area contributed by atoms with Crippen LogP contribution >= 0.6 is 0 Å². The zero-order chi connectivity index (χ0) is 27.6. The Morgan fingerprint density at radius 1 is 1.08 bits per heavy atom. The number of hydrogen-bond acceptors (Lipinski definition) is 8. The van der Waals surface area contributed by atoms with Crippen LogP contribution in [-0.4, -0.2) is 87.7 Å². The third kappa shape index (κ3) is 5.31. The second-order valence-corrected chi connectivity index (χ2v) is 11.4. The van der Waals surface area contributed by atoms with Crippen molar-refractivity contribution < 1.29 is 37.7 Å². The summed E-state index contributed by atoms with van der Waals surface area (Å²) in [7, 11) is -0.962. The van der Waals surface area contributed by atoms with E-state index in [0.717, 1.165) is 17.4 Å². The van der Waals surface area contributed by atoms with Crippen molar-refractivity contribution in [1.29, 1.82) is 0 Å². The van der Waals surface area contributed by atoms with Gasteiger partial charge in [0.1, 0.15) is 13.1 Å². The molecule has 4 rings (SSSR count). The number of nitro groups is 1. The second-order valence-electron chi connectivity index (χ2n) is 9.25. The molecule has 0 saturated carbocycles. The molecule has 2 aromatic carbocycles. The van der Waals surface area contributed by atoms with Crippen molar-refractivity contribution in [2.24, 2.45) is 0 Å². The molecule has 0 aliphatic carbocycles. The smallest absolute Gasteiger partial charge is 0.295 e. The van der Waals surface area contributed by atoms with Crippen molar-refractivity contribution in [1.82, 2.24) is 9.21 Å². The first-order valence-electron chi connectivity index (χ1n) is 12.0. The highest BCUT2D eigenvalue weighted by Crippen LogP contribution is 2.39. The molecule has 2 heterocycles. The summed E-state index contributed by atoms with van der Waals surface area (Å²) in [5.41, 5.74) is -0.00307. The number of Topliss-reactive ketones (excluding diaryl/α,β-unsaturated/α-hetero) is 1. The van der Waals surface area contributed by atoms with Gasteiger partial charge < -0.3 is 19.6 Å². The Morgan fingerprint density at radius 2 is 1.68 bits per heavy atom. The van der Waals surface area contributed by atoms with Crippen LogP contribution in [-0.2, 0) is 24.3 Å². The van der Waals surface area contributed by atoms with Gasteiger partial charge in [-0.25, -0.2) is 12.7 Å². The fourth-order valence-corrected chi connectivity index (χ4v) is 5.46. The molecule has 12 nitrogen and oxygen atoms in total. The van der Waals surface area contributed by atoms with E-state index in [4.69, 9.17) is 4.74 Å². The molecule has 2 fully saturated rings. The summed E-state index contributed by atoms with van der Waals surface area (Å²) >= 11 is 0. The number of rotatable bonds is 8. The van der Waals surface area contributed by atoms with Crippen LogP contribution in [0, 0.1) is 10.1 Å². The number of ether oxygens (including phenoxy) is 1. The van der Waals surface area contributed by atoms with Crippen molar-refractivity contribution in [2.75, 3.05) is 53.5 Å². The third-order valence-corrected chi connectivity index (χ3v) is 8.58. The SMILES string of the molecule is CN(C)S(=O)(=O)c1ccc(/C([O-])=C2\C(=O)C(=O)N(CC[NH+]3CCOCC3)C2c2ccc([N+](=O)[O-])cc2)cc1. The quantitative estimate of drug-likeness (QED) is 0.146. The van der Waals surface area contributed by atoms with Gasteiger partial charge in [-0.3, -0.25) is 19.7 Å². The number of benzene rings is 2. The number of likely N-dealkylation sites (tertiary alicyclic amines) is 1. The second kappa shape index (κ2) is 11.0. The summed E-state index contributed by atoms with van der Waals surface area (Å²) in [4.78, 5) is 39.4. The van der Waals surface area contributed by atoms with Crippen molar-refractivity contribution in [3.05, 3.63) is 75.3 Å². The third-order valence-electron chi connectivity index (χ3n) is 6.75. The number of morpholine rings is 1. The predicted molar refractivity (Wildman–Crippen MR) is 133 cm³/mol. The molecule has 2 saturated heterocycles. The van der Waals surface area contributed by atoms with Gasteiger partial charge in [0, 0.05) is 31.8 Å². The van der Waals surface area contributed by atoms with Crippen molar-refractivity contribution >= 4 is 33.2 Å². The number of nitrogens with one attached hydrogen (secondary N) is 1. The van der Waals surface area contributed by atoms with Crippen LogP contribution in [0.3, 0.4) is 0 Å². The molecule has 38 heavy (non-hydrogen) atoms. The summed E-state index contributed by atoms with van der Waals surface area (Å²) in [6.07, 6.45) is 0. The Labute approximate surface area is 219 Å². The van der Waals surface area contributed by atoms with E-state index in [-0.39, 0.29) is 28.3 Å². The molecular weight excluding hydrogens is 516 g/mol. The van der Waals surface area contributed by atoms with Crippen molar-refractivity contribution in [3.63, 3.8) is 0 Å². The number of amides is 1. The van der Waals surface area contributed by atoms with Crippen LogP contribution in [0.4, 0.5) is 5.69 Å². The fourth-order valence-electron chi connectivity index (χ4n) is 4.56. The van der Waals surface area contributed by atoms with E-state index in [1.807, 2.05) is 0 Å². The molecule has 1 N–H and O–H groups in total. The van der Waals surface area contributed by atoms with Gasteiger partial charge in [0.2, 0.25) is 15.8 Å². The number of sulfonamides is 1. The first-order chi connectivity index (χ1) is 18.0. The zero-order valence-corrected chi connectivity index (χ0v) is 21.8. The lowest BCUT2D eigenvalue weighted by molar-refractivity contribution is -0.907. The van der Waals surface area contributed by atoms with Crippen LogP contribution < -0.4 is 10.0 Å². The maximum atomic E-state index is 13.6. The normalized spacial score (nSPS) is 20.3. The number of carbonyl (C=O) groups is 2. The Balaban J connectivity index is 1.74. The van der Waals surface area contributed by atoms with Gasteiger partial charge in [0.25, 0.3) is 11.6 Å². The molecule has 0 bridgehead atoms. The Kier molecular flexibility index (Phi) is 7.92. The van der Waals surface area contributed by atoms with E-state index in [9.17, 15) is 33.2 Å². The number of quaternary nitrogens is 1. The van der Waals surface area contributed by atoms with Crippen LogP contribution in [0.5, 0.6) is 0 Å². The Bertz CT molecular complexity index is 1370. The molecule has 202 valence electrons. The van der Waals surface area contributed by atoms with E-state index in [1.54, 1.807) is 0 Å². The monoisotopic (exact) mass is 544 g/mol. The molecule has 0 aromatic heterocycles. The Hall–Kier alpha value is -3.65. The molecular formula is C25H28N4O8S. The molecule has 0 radical (unpaired) electrons. The Morgan fingerprint density at radius 3 is 2.24 bits per heavy atom. The number of non-ortho nitro benzene ring substituents is 1. The van der Waals surface area contributed by atoms with Gasteiger partial charge in [-0.2, -0.15) is 0 Å². The van der Waals surface area contributed by atoms with E-state index >= 15 is 0 Å². The average molecular weight is 545 g/mol. The highest BCUT2D eigenvalue weighted by atomic mass is 32.2. The van der Waals surface area contributed by atoms with Crippen molar-refractivity contribution in [2.45, 2.75) is 10.9 Å². The van der Waals surface area contributed by atoms with Crippen molar-refractivity contribution in [3.8, 4) is 0 Å². The molecule has 2 aliphatic heterocycles. The average Bonchev–Trinajstić information content (AvgIpc) is 3.17. The van der Waals surface area contributed by atoms with Gasteiger partial charge in [-0.1, -0.05) is 17.9 Å². The summed E-state index contributed by atoms with van der Waals surface area (Å²) < 4.78 is 31.2. The topological polar surface area (TPSA) is 155 Å². The standard InChI is InChI=1S/C25H28N4O8S/c1-26(2)38(35,36)20-9-5-18(6-10-20)23(30)21-22(17-3-7-19(8-4-17)29(33)34)28(25(32)24(21)31)12-11-27-13-15-37-16-14-27/h3-10,22,30H,11-16H2,1-2H3/b23-21+. The van der Waals surface area contributed by atoms with Crippen LogP contribution in [0.15, 0.2) is 59.0 Å². The predicted octanol–water partition coefficient (Wildman–Crippen LogP) is -1.02. The van der Waals surface area contributed by atoms with Gasteiger partial charge in [0.15, 0.2) is 0 Å². The fraction of sp³-hybridized carbons (Fsp3) is 0.360. The summed E-state index contributed by atoms with van der Waals surface area (Å²) in [5, 5.41) is 24.7. The van der Waals surface area contributed by atoms with Gasteiger partial charge in [0.05, 0.1) is 42.2 Å². The summed E-state index contributed by atoms with van der Waals surface area (Å²) in [5.74, 6) is -2.47. The molecule has 0 spiro atoms. The molecule has 2 aromatic rings. The molecule has 13 heteroatoms. The van der Waals surface area contributed by atoms with Gasteiger partial charge in [-0.05, 0) is 35.4 Å². The molecule has 1 atom stereocenters. The highest BCUT2D eigenvalue weighted by molar-refractivity contribution is 7.89. The maximum Gasteiger partial charge on any atom is 0.295 e. The first-order valence-corrected chi connectivity index (χ1v) is 13.4. The maximum absolute atomic E-state index is 13.6. The highest BCUT2D eigenvalue weighted by Gasteiger charge is 2.44. The minimum Gasteiger partial charge on any atom is -0.872 e. The first kappa shape index (κ1) is 27.4. The molecule has 1 amide bonds. The van der Waals surface area contributed by atoms with Crippen LogP contribution in [0.25, 0.3) is 5.76 Å². The minimum absolute atomic E-state index is 0.0279. The minimum atomic E-state index is -3.73. The lowest BCUT2D eigenvalue weighted by Gasteiger charge is -2.30. The number of carbonyl (C=O) groups excluding carboxylic acids is 2. The van der Waals surface area contributed by atoms with E-state index < -0.39 is 38.4 Å². The zero-order valence-electron chi connectivity index (χ0n) is 21.0. The number of nitrogens with zero attached hydrogens (tertiary/aromatic N) is 3. The summed E-state index contributed by atoms with van der Waals surface area (Å²) in [6, 6.07) is 9.50. The molecule has 2 aliphatic rings. The number of hydrogen-bond donors (Lipinski definition) is 1. The van der Waals surface area contributed by atoms with Crippen LogP contribution in [0.2, 0.25) is 0 Å². The lowest BCUT2D eigenvalue weighted by Crippen LogP contribution is -3.14. The van der Waals surface area contributed by atoms with E-state index in [0.29, 0.717) is 25.3 Å². The largest absolute Gasteiger partial charge is 0.872 e. The number of nitro benzene ring substituents is 1. The summed E-state index contributed by atoms with van der Waals surface area (Å²) in [6.45, 7) is 3.39. The lowest BCUT2D eigenvalue weighted by atomic mass is 9.95. The number of ketones is 1. The van der Waals surface area contributed by atoms with Gasteiger partial charge >= 0.3 is 0 Å². The van der Waals surface area contributed by atoms with E-state index in [2.05, 4.69) is 0 Å².